The number of benzene rings is 1. The van der Waals surface area contributed by atoms with Crippen LogP contribution in [-0.4, -0.2) is 40.7 Å². The van der Waals surface area contributed by atoms with Gasteiger partial charge in [-0.25, -0.2) is 8.78 Å². The lowest BCUT2D eigenvalue weighted by Gasteiger charge is -2.19. The second kappa shape index (κ2) is 7.84. The van der Waals surface area contributed by atoms with Crippen LogP contribution >= 0.6 is 11.8 Å². The zero-order valence-electron chi connectivity index (χ0n) is 10.9. The van der Waals surface area contributed by atoms with Gasteiger partial charge in [0.15, 0.2) is 0 Å². The average molecular weight is 303 g/mol. The number of rotatable bonds is 7. The molecule has 1 amide bonds. The Kier molecular flexibility index (Phi) is 6.44. The first-order valence-corrected chi connectivity index (χ1v) is 7.00. The van der Waals surface area contributed by atoms with Gasteiger partial charge >= 0.3 is 5.97 Å². The molecule has 0 bridgehead atoms. The Morgan fingerprint density at radius 1 is 1.35 bits per heavy atom. The first-order chi connectivity index (χ1) is 9.43. The van der Waals surface area contributed by atoms with Gasteiger partial charge in [0.25, 0.3) is 0 Å². The lowest BCUT2D eigenvalue weighted by molar-refractivity contribution is -0.143. The molecule has 1 aromatic rings. The van der Waals surface area contributed by atoms with Gasteiger partial charge in [-0.3, -0.25) is 9.59 Å². The van der Waals surface area contributed by atoms with Crippen molar-refractivity contribution in [3.8, 4) is 0 Å². The van der Waals surface area contributed by atoms with E-state index in [0.29, 0.717) is 13.0 Å². The lowest BCUT2D eigenvalue weighted by Crippen LogP contribution is -2.37. The highest BCUT2D eigenvalue weighted by Crippen LogP contribution is 2.22. The number of carboxylic acids is 1. The van der Waals surface area contributed by atoms with Crippen LogP contribution in [0.4, 0.5) is 8.78 Å². The third-order valence-corrected chi connectivity index (χ3v) is 3.45. The number of halogens is 2. The topological polar surface area (TPSA) is 57.6 Å². The van der Waals surface area contributed by atoms with Crippen molar-refractivity contribution in [3.05, 3.63) is 29.8 Å². The number of hydrogen-bond acceptors (Lipinski definition) is 3. The van der Waals surface area contributed by atoms with Crippen LogP contribution < -0.4 is 0 Å². The Labute approximate surface area is 119 Å². The van der Waals surface area contributed by atoms with E-state index in [2.05, 4.69) is 0 Å². The maximum Gasteiger partial charge on any atom is 0.323 e. The van der Waals surface area contributed by atoms with E-state index >= 15 is 0 Å². The minimum absolute atomic E-state index is 0.0875. The van der Waals surface area contributed by atoms with E-state index in [1.807, 2.05) is 6.92 Å². The number of carbonyl (C=O) groups is 2. The van der Waals surface area contributed by atoms with Gasteiger partial charge < -0.3 is 10.0 Å². The highest BCUT2D eigenvalue weighted by Gasteiger charge is 2.16. The van der Waals surface area contributed by atoms with Gasteiger partial charge in [0.1, 0.15) is 18.2 Å². The molecule has 110 valence electrons. The van der Waals surface area contributed by atoms with E-state index in [1.165, 1.54) is 11.0 Å². The third kappa shape index (κ3) is 5.16. The summed E-state index contributed by atoms with van der Waals surface area (Å²) in [5.41, 5.74) is 0. The minimum Gasteiger partial charge on any atom is -0.480 e. The van der Waals surface area contributed by atoms with E-state index in [0.717, 1.165) is 23.9 Å². The fourth-order valence-corrected chi connectivity index (χ4v) is 2.37. The fraction of sp³-hybridized carbons (Fsp3) is 0.385. The molecule has 0 atom stereocenters. The van der Waals surface area contributed by atoms with Crippen molar-refractivity contribution in [1.29, 1.82) is 0 Å². The molecule has 20 heavy (non-hydrogen) atoms. The summed E-state index contributed by atoms with van der Waals surface area (Å²) in [7, 11) is 0. The molecule has 7 heteroatoms. The molecule has 0 fully saturated rings. The number of carbonyl (C=O) groups excluding carboxylic acids is 1. The van der Waals surface area contributed by atoms with E-state index in [-0.39, 0.29) is 23.1 Å². The van der Waals surface area contributed by atoms with E-state index in [1.54, 1.807) is 0 Å². The van der Waals surface area contributed by atoms with Crippen LogP contribution in [0.25, 0.3) is 0 Å². The molecule has 4 nitrogen and oxygen atoms in total. The molecule has 0 saturated carbocycles. The quantitative estimate of drug-likeness (QED) is 0.786. The Hall–Kier alpha value is -1.63. The summed E-state index contributed by atoms with van der Waals surface area (Å²) in [6.45, 7) is 1.78. The summed E-state index contributed by atoms with van der Waals surface area (Å²) >= 11 is 0.919. The second-order valence-corrected chi connectivity index (χ2v) is 5.09. The number of aliphatic carboxylic acids is 1. The van der Waals surface area contributed by atoms with Crippen molar-refractivity contribution in [2.24, 2.45) is 0 Å². The van der Waals surface area contributed by atoms with Crippen molar-refractivity contribution in [3.63, 3.8) is 0 Å². The molecule has 0 saturated heterocycles. The SMILES string of the molecule is CCCN(CC(=O)O)C(=O)CSc1ccc(F)cc1F. The van der Waals surface area contributed by atoms with Gasteiger partial charge in [-0.05, 0) is 18.6 Å². The van der Waals surface area contributed by atoms with Crippen molar-refractivity contribution in [1.82, 2.24) is 4.90 Å². The normalized spacial score (nSPS) is 10.3. The molecular formula is C13H15F2NO3S. The predicted molar refractivity (Wildman–Crippen MR) is 71.6 cm³/mol. The number of hydrogen-bond donors (Lipinski definition) is 1. The average Bonchev–Trinajstić information content (AvgIpc) is 2.36. The third-order valence-electron chi connectivity index (χ3n) is 2.42. The summed E-state index contributed by atoms with van der Waals surface area (Å²) in [6, 6.07) is 3.11. The Morgan fingerprint density at radius 2 is 2.05 bits per heavy atom. The first-order valence-electron chi connectivity index (χ1n) is 6.01. The van der Waals surface area contributed by atoms with E-state index in [4.69, 9.17) is 5.11 Å². The van der Waals surface area contributed by atoms with Crippen LogP contribution in [0.5, 0.6) is 0 Å². The first kappa shape index (κ1) is 16.4. The van der Waals surface area contributed by atoms with Crippen molar-refractivity contribution >= 4 is 23.6 Å². The molecule has 0 aliphatic carbocycles. The maximum atomic E-state index is 13.4. The van der Waals surface area contributed by atoms with Gasteiger partial charge in [-0.15, -0.1) is 11.8 Å². The summed E-state index contributed by atoms with van der Waals surface area (Å²) in [5, 5.41) is 8.72. The molecule has 0 aromatic heterocycles. The van der Waals surface area contributed by atoms with E-state index < -0.39 is 17.6 Å². The molecule has 1 N–H and O–H groups in total. The molecule has 0 aliphatic rings. The Balaban J connectivity index is 2.62. The second-order valence-electron chi connectivity index (χ2n) is 4.07. The van der Waals surface area contributed by atoms with Crippen LogP contribution in [-0.2, 0) is 9.59 Å². The maximum absolute atomic E-state index is 13.4. The monoisotopic (exact) mass is 303 g/mol. The van der Waals surface area contributed by atoms with Gasteiger partial charge in [0.05, 0.1) is 5.75 Å². The number of carboxylic acid groups (broad SMARTS) is 1. The van der Waals surface area contributed by atoms with Crippen LogP contribution in [0.1, 0.15) is 13.3 Å². The lowest BCUT2D eigenvalue weighted by atomic mass is 10.3. The molecule has 0 radical (unpaired) electrons. The summed E-state index contributed by atoms with van der Waals surface area (Å²) in [4.78, 5) is 23.9. The Morgan fingerprint density at radius 3 is 2.60 bits per heavy atom. The Bertz CT molecular complexity index is 497. The van der Waals surface area contributed by atoms with E-state index in [9.17, 15) is 18.4 Å². The van der Waals surface area contributed by atoms with Crippen LogP contribution in [0.15, 0.2) is 23.1 Å². The number of thioether (sulfide) groups is 1. The van der Waals surface area contributed by atoms with Crippen molar-refractivity contribution < 1.29 is 23.5 Å². The van der Waals surface area contributed by atoms with Gasteiger partial charge in [0, 0.05) is 17.5 Å². The molecular weight excluding hydrogens is 288 g/mol. The summed E-state index contributed by atoms with van der Waals surface area (Å²) in [5.74, 6) is -2.98. The van der Waals surface area contributed by atoms with Crippen LogP contribution in [0.3, 0.4) is 0 Å². The molecule has 1 aromatic carbocycles. The highest BCUT2D eigenvalue weighted by molar-refractivity contribution is 8.00. The molecule has 1 rings (SSSR count). The smallest absolute Gasteiger partial charge is 0.323 e. The minimum atomic E-state index is -1.09. The molecule has 0 aliphatic heterocycles. The zero-order valence-corrected chi connectivity index (χ0v) is 11.8. The van der Waals surface area contributed by atoms with Crippen LogP contribution in [0, 0.1) is 11.6 Å². The molecule has 0 heterocycles. The standard InChI is InChI=1S/C13H15F2NO3S/c1-2-5-16(7-13(18)19)12(17)8-20-11-4-3-9(14)6-10(11)15/h3-4,6H,2,5,7-8H2,1H3,(H,18,19). The summed E-state index contributed by atoms with van der Waals surface area (Å²) in [6.07, 6.45) is 0.634. The fourth-order valence-electron chi connectivity index (χ4n) is 1.55. The van der Waals surface area contributed by atoms with Crippen molar-refractivity contribution in [2.45, 2.75) is 18.2 Å². The largest absolute Gasteiger partial charge is 0.480 e. The van der Waals surface area contributed by atoms with Gasteiger partial charge in [-0.1, -0.05) is 6.92 Å². The predicted octanol–water partition coefficient (Wildman–Crippen LogP) is 2.38. The van der Waals surface area contributed by atoms with Gasteiger partial charge in [0.2, 0.25) is 5.91 Å². The number of nitrogens with zero attached hydrogens (tertiary/aromatic N) is 1. The summed E-state index contributed by atoms with van der Waals surface area (Å²) < 4.78 is 26.1. The highest BCUT2D eigenvalue weighted by atomic mass is 32.2. The number of amides is 1. The van der Waals surface area contributed by atoms with Crippen LogP contribution in [0.2, 0.25) is 0 Å². The molecule has 0 spiro atoms. The zero-order chi connectivity index (χ0) is 15.1. The van der Waals surface area contributed by atoms with Gasteiger partial charge in [-0.2, -0.15) is 0 Å². The van der Waals surface area contributed by atoms with Crippen molar-refractivity contribution in [2.75, 3.05) is 18.8 Å². The molecule has 0 unspecified atom stereocenters.